The summed E-state index contributed by atoms with van der Waals surface area (Å²) in [7, 11) is 0. The average Bonchev–Trinajstić information content (AvgIpc) is 2.64. The standard InChI is InChI=1S/C18H16N4O3/c1-12-5-4-6-13(9-12)25-11-17(23)21-22-18(24)16-10-19-14-7-2-3-8-15(14)20-16/h2-10H,11H2,1H3,(H,21,23)(H,22,24). The molecule has 0 radical (unpaired) electrons. The molecule has 2 N–H and O–H groups in total. The van der Waals surface area contributed by atoms with Gasteiger partial charge in [0.25, 0.3) is 11.8 Å². The third-order valence-corrected chi connectivity index (χ3v) is 3.36. The van der Waals surface area contributed by atoms with E-state index in [1.807, 2.05) is 37.3 Å². The molecule has 0 saturated heterocycles. The van der Waals surface area contributed by atoms with Crippen molar-refractivity contribution >= 4 is 22.8 Å². The number of hydrogen-bond acceptors (Lipinski definition) is 5. The molecule has 0 bridgehead atoms. The quantitative estimate of drug-likeness (QED) is 0.709. The number of carbonyl (C=O) groups is 2. The van der Waals surface area contributed by atoms with Crippen molar-refractivity contribution in [3.63, 3.8) is 0 Å². The zero-order chi connectivity index (χ0) is 17.6. The highest BCUT2D eigenvalue weighted by Crippen LogP contribution is 2.12. The summed E-state index contributed by atoms with van der Waals surface area (Å²) in [6.45, 7) is 1.71. The van der Waals surface area contributed by atoms with Crippen molar-refractivity contribution in [3.05, 3.63) is 66.0 Å². The van der Waals surface area contributed by atoms with Crippen molar-refractivity contribution in [2.75, 3.05) is 6.61 Å². The van der Waals surface area contributed by atoms with Gasteiger partial charge in [0.1, 0.15) is 11.4 Å². The molecule has 2 amide bonds. The number of hydrogen-bond donors (Lipinski definition) is 2. The molecule has 0 atom stereocenters. The maximum absolute atomic E-state index is 12.0. The highest BCUT2D eigenvalue weighted by Gasteiger charge is 2.10. The van der Waals surface area contributed by atoms with Crippen LogP contribution in [0, 0.1) is 6.92 Å². The van der Waals surface area contributed by atoms with Crippen LogP contribution in [0.4, 0.5) is 0 Å². The van der Waals surface area contributed by atoms with E-state index in [2.05, 4.69) is 20.8 Å². The number of nitrogens with zero attached hydrogens (tertiary/aromatic N) is 2. The molecular weight excluding hydrogens is 320 g/mol. The number of nitrogens with one attached hydrogen (secondary N) is 2. The van der Waals surface area contributed by atoms with Gasteiger partial charge in [0.2, 0.25) is 0 Å². The van der Waals surface area contributed by atoms with Gasteiger partial charge in [-0.2, -0.15) is 0 Å². The van der Waals surface area contributed by atoms with E-state index in [-0.39, 0.29) is 12.3 Å². The fraction of sp³-hybridized carbons (Fsp3) is 0.111. The van der Waals surface area contributed by atoms with E-state index in [1.54, 1.807) is 18.2 Å². The van der Waals surface area contributed by atoms with Gasteiger partial charge in [0, 0.05) is 0 Å². The molecule has 0 fully saturated rings. The van der Waals surface area contributed by atoms with E-state index < -0.39 is 11.8 Å². The Balaban J connectivity index is 1.53. The number of amides is 2. The fourth-order valence-corrected chi connectivity index (χ4v) is 2.15. The van der Waals surface area contributed by atoms with Crippen LogP contribution in [0.5, 0.6) is 5.75 Å². The maximum Gasteiger partial charge on any atom is 0.289 e. The molecule has 0 saturated carbocycles. The predicted molar refractivity (Wildman–Crippen MR) is 91.8 cm³/mol. The maximum atomic E-state index is 12.0. The van der Waals surface area contributed by atoms with Crippen LogP contribution in [-0.2, 0) is 4.79 Å². The van der Waals surface area contributed by atoms with Gasteiger partial charge in [-0.1, -0.05) is 24.3 Å². The Hall–Kier alpha value is -3.48. The van der Waals surface area contributed by atoms with Gasteiger partial charge < -0.3 is 4.74 Å². The first kappa shape index (κ1) is 16.4. The summed E-state index contributed by atoms with van der Waals surface area (Å²) in [5.41, 5.74) is 7.00. The lowest BCUT2D eigenvalue weighted by Gasteiger charge is -2.09. The van der Waals surface area contributed by atoms with Crippen molar-refractivity contribution in [1.82, 2.24) is 20.8 Å². The molecule has 0 spiro atoms. The van der Waals surface area contributed by atoms with E-state index >= 15 is 0 Å². The van der Waals surface area contributed by atoms with Gasteiger partial charge in [-0.05, 0) is 36.8 Å². The predicted octanol–water partition coefficient (Wildman–Crippen LogP) is 1.78. The Bertz CT molecular complexity index is 927. The lowest BCUT2D eigenvalue weighted by Crippen LogP contribution is -2.44. The van der Waals surface area contributed by atoms with E-state index in [0.29, 0.717) is 16.8 Å². The van der Waals surface area contributed by atoms with Gasteiger partial charge in [0.15, 0.2) is 6.61 Å². The first-order valence-corrected chi connectivity index (χ1v) is 7.62. The molecular formula is C18H16N4O3. The van der Waals surface area contributed by atoms with Crippen LogP contribution in [0.2, 0.25) is 0 Å². The number of para-hydroxylation sites is 2. The van der Waals surface area contributed by atoms with Crippen molar-refractivity contribution < 1.29 is 14.3 Å². The molecule has 1 aromatic heterocycles. The van der Waals surface area contributed by atoms with E-state index in [0.717, 1.165) is 5.56 Å². The van der Waals surface area contributed by atoms with Gasteiger partial charge in [-0.25, -0.2) is 4.98 Å². The molecule has 0 unspecified atom stereocenters. The second-order valence-electron chi connectivity index (χ2n) is 5.35. The molecule has 0 aliphatic rings. The molecule has 1 heterocycles. The van der Waals surface area contributed by atoms with Gasteiger partial charge in [-0.3, -0.25) is 25.4 Å². The molecule has 25 heavy (non-hydrogen) atoms. The summed E-state index contributed by atoms with van der Waals surface area (Å²) in [6, 6.07) is 14.5. The Kier molecular flexibility index (Phi) is 4.84. The summed E-state index contributed by atoms with van der Waals surface area (Å²) in [5, 5.41) is 0. The molecule has 3 rings (SSSR count). The molecule has 7 heteroatoms. The van der Waals surface area contributed by atoms with Gasteiger partial charge in [0.05, 0.1) is 17.2 Å². The number of ether oxygens (including phenoxy) is 1. The highest BCUT2D eigenvalue weighted by molar-refractivity contribution is 5.95. The summed E-state index contributed by atoms with van der Waals surface area (Å²) in [4.78, 5) is 32.2. The van der Waals surface area contributed by atoms with Gasteiger partial charge in [-0.15, -0.1) is 0 Å². The van der Waals surface area contributed by atoms with Crippen LogP contribution in [0.15, 0.2) is 54.7 Å². The molecule has 126 valence electrons. The third kappa shape index (κ3) is 4.29. The summed E-state index contributed by atoms with van der Waals surface area (Å²) >= 11 is 0. The minimum Gasteiger partial charge on any atom is -0.484 e. The lowest BCUT2D eigenvalue weighted by atomic mass is 10.2. The second kappa shape index (κ2) is 7.39. The first-order chi connectivity index (χ1) is 12.1. The van der Waals surface area contributed by atoms with Crippen molar-refractivity contribution in [2.45, 2.75) is 6.92 Å². The molecule has 2 aromatic carbocycles. The van der Waals surface area contributed by atoms with Crippen LogP contribution in [-0.4, -0.2) is 28.4 Å². The van der Waals surface area contributed by atoms with Gasteiger partial charge >= 0.3 is 0 Å². The smallest absolute Gasteiger partial charge is 0.289 e. The van der Waals surface area contributed by atoms with Crippen LogP contribution >= 0.6 is 0 Å². The Morgan fingerprint density at radius 1 is 1.04 bits per heavy atom. The monoisotopic (exact) mass is 336 g/mol. The highest BCUT2D eigenvalue weighted by atomic mass is 16.5. The number of carbonyl (C=O) groups excluding carboxylic acids is 2. The van der Waals surface area contributed by atoms with Crippen molar-refractivity contribution in [2.24, 2.45) is 0 Å². The van der Waals surface area contributed by atoms with E-state index in [9.17, 15) is 9.59 Å². The normalized spacial score (nSPS) is 10.3. The summed E-state index contributed by atoms with van der Waals surface area (Å²) in [5.74, 6) is -0.451. The second-order valence-corrected chi connectivity index (χ2v) is 5.35. The molecule has 0 aliphatic heterocycles. The van der Waals surface area contributed by atoms with Crippen LogP contribution in [0.3, 0.4) is 0 Å². The Morgan fingerprint density at radius 2 is 1.84 bits per heavy atom. The lowest BCUT2D eigenvalue weighted by molar-refractivity contribution is -0.123. The summed E-state index contributed by atoms with van der Waals surface area (Å²) < 4.78 is 5.35. The SMILES string of the molecule is Cc1cccc(OCC(=O)NNC(=O)c2cnc3ccccc3n2)c1. The average molecular weight is 336 g/mol. The first-order valence-electron chi connectivity index (χ1n) is 7.62. The van der Waals surface area contributed by atoms with Crippen molar-refractivity contribution in [1.29, 1.82) is 0 Å². The number of hydrazine groups is 1. The number of benzene rings is 2. The fourth-order valence-electron chi connectivity index (χ4n) is 2.15. The van der Waals surface area contributed by atoms with E-state index in [4.69, 9.17) is 4.74 Å². The van der Waals surface area contributed by atoms with Crippen LogP contribution < -0.4 is 15.6 Å². The molecule has 7 nitrogen and oxygen atoms in total. The minimum atomic E-state index is -0.554. The van der Waals surface area contributed by atoms with Crippen LogP contribution in [0.25, 0.3) is 11.0 Å². The Labute approximate surface area is 144 Å². The number of aromatic nitrogens is 2. The zero-order valence-corrected chi connectivity index (χ0v) is 13.5. The zero-order valence-electron chi connectivity index (χ0n) is 13.5. The van der Waals surface area contributed by atoms with E-state index in [1.165, 1.54) is 6.20 Å². The number of rotatable bonds is 4. The number of aryl methyl sites for hydroxylation is 1. The molecule has 3 aromatic rings. The number of fused-ring (bicyclic) bond motifs is 1. The largest absolute Gasteiger partial charge is 0.484 e. The van der Waals surface area contributed by atoms with Crippen molar-refractivity contribution in [3.8, 4) is 5.75 Å². The third-order valence-electron chi connectivity index (χ3n) is 3.36. The summed E-state index contributed by atoms with van der Waals surface area (Å²) in [6.07, 6.45) is 1.35. The Morgan fingerprint density at radius 3 is 2.64 bits per heavy atom. The minimum absolute atomic E-state index is 0.110. The topological polar surface area (TPSA) is 93.2 Å². The molecule has 0 aliphatic carbocycles. The van der Waals surface area contributed by atoms with Crippen LogP contribution in [0.1, 0.15) is 16.1 Å².